The van der Waals surface area contributed by atoms with Gasteiger partial charge in [0.05, 0.1) is 24.0 Å². The van der Waals surface area contributed by atoms with Gasteiger partial charge in [-0.2, -0.15) is 0 Å². The van der Waals surface area contributed by atoms with E-state index < -0.39 is 15.9 Å². The first kappa shape index (κ1) is 12.5. The number of sulfone groups is 1. The predicted octanol–water partition coefficient (Wildman–Crippen LogP) is -1.09. The summed E-state index contributed by atoms with van der Waals surface area (Å²) in [7, 11) is -1.42. The van der Waals surface area contributed by atoms with E-state index in [1.165, 1.54) is 7.05 Å². The number of rotatable bonds is 2. The smallest absolute Gasteiger partial charge is 0.246 e. The van der Waals surface area contributed by atoms with Crippen molar-refractivity contribution in [1.29, 1.82) is 0 Å². The zero-order valence-corrected chi connectivity index (χ0v) is 10.5. The van der Waals surface area contributed by atoms with Crippen molar-refractivity contribution in [3.63, 3.8) is 0 Å². The highest BCUT2D eigenvalue weighted by Crippen LogP contribution is 2.16. The van der Waals surface area contributed by atoms with Gasteiger partial charge in [0.1, 0.15) is 9.84 Å². The van der Waals surface area contributed by atoms with Crippen LogP contribution in [0.25, 0.3) is 0 Å². The molecule has 7 heteroatoms. The van der Waals surface area contributed by atoms with Gasteiger partial charge in [0, 0.05) is 13.1 Å². The van der Waals surface area contributed by atoms with Crippen LogP contribution < -0.4 is 5.32 Å². The van der Waals surface area contributed by atoms with E-state index in [0.717, 1.165) is 4.90 Å². The van der Waals surface area contributed by atoms with Crippen LogP contribution in [-0.2, 0) is 19.4 Å². The second-order valence-electron chi connectivity index (χ2n) is 4.64. The van der Waals surface area contributed by atoms with Gasteiger partial charge in [-0.25, -0.2) is 8.42 Å². The summed E-state index contributed by atoms with van der Waals surface area (Å²) < 4.78 is 22.5. The predicted molar refractivity (Wildman–Crippen MR) is 61.0 cm³/mol. The molecule has 0 radical (unpaired) electrons. The summed E-state index contributed by atoms with van der Waals surface area (Å²) >= 11 is 0. The Balaban J connectivity index is 1.91. The van der Waals surface area contributed by atoms with E-state index in [1.54, 1.807) is 0 Å². The molecule has 2 fully saturated rings. The van der Waals surface area contributed by atoms with Crippen LogP contribution in [0.5, 0.6) is 0 Å². The lowest BCUT2D eigenvalue weighted by Crippen LogP contribution is -2.46. The summed E-state index contributed by atoms with van der Waals surface area (Å²) in [5, 5.41) is 3.09. The molecule has 17 heavy (non-hydrogen) atoms. The Hall–Kier alpha value is -0.950. The van der Waals surface area contributed by atoms with Crippen LogP contribution in [0, 0.1) is 0 Å². The van der Waals surface area contributed by atoms with Crippen molar-refractivity contribution in [1.82, 2.24) is 10.2 Å². The van der Waals surface area contributed by atoms with Gasteiger partial charge in [-0.3, -0.25) is 14.5 Å². The first-order valence-electron chi connectivity index (χ1n) is 5.66. The molecule has 0 spiro atoms. The molecule has 0 aromatic heterocycles. The summed E-state index contributed by atoms with van der Waals surface area (Å²) in [5.41, 5.74) is 0. The highest BCUT2D eigenvalue weighted by atomic mass is 32.2. The third kappa shape index (κ3) is 2.66. The molecule has 6 nitrogen and oxygen atoms in total. The third-order valence-electron chi connectivity index (χ3n) is 3.37. The molecule has 0 aromatic rings. The Morgan fingerprint density at radius 3 is 2.29 bits per heavy atom. The fraction of sp³-hybridized carbons (Fsp3) is 0.800. The van der Waals surface area contributed by atoms with Gasteiger partial charge in [0.15, 0.2) is 0 Å². The Kier molecular flexibility index (Phi) is 3.22. The van der Waals surface area contributed by atoms with Gasteiger partial charge in [0.2, 0.25) is 11.8 Å². The van der Waals surface area contributed by atoms with E-state index in [-0.39, 0.29) is 35.8 Å². The normalized spacial score (nSPS) is 29.9. The fourth-order valence-corrected chi connectivity index (χ4v) is 3.72. The SMILES string of the molecule is CN1C(=O)CC(NC2CCS(=O)(=O)CC2)C1=O. The molecular weight excluding hydrogens is 244 g/mol. The topological polar surface area (TPSA) is 83.6 Å². The minimum atomic E-state index is -2.89. The summed E-state index contributed by atoms with van der Waals surface area (Å²) in [4.78, 5) is 24.1. The molecule has 0 saturated carbocycles. The van der Waals surface area contributed by atoms with Gasteiger partial charge in [-0.05, 0) is 12.8 Å². The highest BCUT2D eigenvalue weighted by molar-refractivity contribution is 7.91. The van der Waals surface area contributed by atoms with Crippen LogP contribution in [-0.4, -0.2) is 55.8 Å². The van der Waals surface area contributed by atoms with Crippen LogP contribution in [0.3, 0.4) is 0 Å². The number of nitrogens with zero attached hydrogens (tertiary/aromatic N) is 1. The maximum Gasteiger partial charge on any atom is 0.246 e. The van der Waals surface area contributed by atoms with Crippen LogP contribution >= 0.6 is 0 Å². The quantitative estimate of drug-likeness (QED) is 0.638. The molecule has 1 N–H and O–H groups in total. The Morgan fingerprint density at radius 1 is 1.24 bits per heavy atom. The van der Waals surface area contributed by atoms with Crippen molar-refractivity contribution in [3.8, 4) is 0 Å². The van der Waals surface area contributed by atoms with Crippen LogP contribution in [0.15, 0.2) is 0 Å². The molecule has 0 aromatic carbocycles. The maximum absolute atomic E-state index is 11.6. The van der Waals surface area contributed by atoms with Crippen molar-refractivity contribution in [2.45, 2.75) is 31.3 Å². The number of hydrogen-bond donors (Lipinski definition) is 1. The van der Waals surface area contributed by atoms with Crippen LogP contribution in [0.4, 0.5) is 0 Å². The van der Waals surface area contributed by atoms with Gasteiger partial charge >= 0.3 is 0 Å². The summed E-state index contributed by atoms with van der Waals surface area (Å²) in [5.74, 6) is -0.0792. The zero-order chi connectivity index (χ0) is 12.6. The third-order valence-corrected chi connectivity index (χ3v) is 5.09. The molecule has 1 atom stereocenters. The molecule has 2 heterocycles. The van der Waals surface area contributed by atoms with Crippen LogP contribution in [0.2, 0.25) is 0 Å². The number of carbonyl (C=O) groups excluding carboxylic acids is 2. The molecule has 1 unspecified atom stereocenters. The van der Waals surface area contributed by atoms with Crippen molar-refractivity contribution in [2.75, 3.05) is 18.6 Å². The molecule has 2 aliphatic heterocycles. The van der Waals surface area contributed by atoms with Crippen molar-refractivity contribution >= 4 is 21.7 Å². The number of likely N-dealkylation sites (N-methyl/N-ethyl adjacent to an activating group) is 1. The van der Waals surface area contributed by atoms with Crippen molar-refractivity contribution in [2.24, 2.45) is 0 Å². The van der Waals surface area contributed by atoms with Crippen molar-refractivity contribution in [3.05, 3.63) is 0 Å². The molecule has 2 saturated heterocycles. The minimum absolute atomic E-state index is 0.0202. The lowest BCUT2D eigenvalue weighted by atomic mass is 10.1. The molecule has 2 amide bonds. The van der Waals surface area contributed by atoms with Gasteiger partial charge in [-0.1, -0.05) is 0 Å². The van der Waals surface area contributed by atoms with Gasteiger partial charge < -0.3 is 5.32 Å². The minimum Gasteiger partial charge on any atom is -0.303 e. The summed E-state index contributed by atoms with van der Waals surface area (Å²) in [6, 6.07) is -0.454. The van der Waals surface area contributed by atoms with Gasteiger partial charge in [-0.15, -0.1) is 0 Å². The molecule has 2 rings (SSSR count). The lowest BCUT2D eigenvalue weighted by molar-refractivity contribution is -0.137. The summed E-state index contributed by atoms with van der Waals surface area (Å²) in [6.07, 6.45) is 1.21. The van der Waals surface area contributed by atoms with Crippen LogP contribution in [0.1, 0.15) is 19.3 Å². The fourth-order valence-electron chi connectivity index (χ4n) is 2.23. The standard InChI is InChI=1S/C10H16N2O4S/c1-12-9(13)6-8(10(12)14)11-7-2-4-17(15,16)5-3-7/h7-8,11H,2-6H2,1H3. The number of likely N-dealkylation sites (tertiary alicyclic amines) is 1. The molecule has 0 bridgehead atoms. The first-order valence-corrected chi connectivity index (χ1v) is 7.48. The number of hydrogen-bond acceptors (Lipinski definition) is 5. The molecular formula is C10H16N2O4S. The maximum atomic E-state index is 11.6. The Bertz CT molecular complexity index is 431. The first-order chi connectivity index (χ1) is 7.89. The highest BCUT2D eigenvalue weighted by Gasteiger charge is 2.37. The van der Waals surface area contributed by atoms with E-state index in [4.69, 9.17) is 0 Å². The molecule has 2 aliphatic rings. The van der Waals surface area contributed by atoms with E-state index in [1.807, 2.05) is 0 Å². The van der Waals surface area contributed by atoms with E-state index in [2.05, 4.69) is 5.32 Å². The van der Waals surface area contributed by atoms with E-state index >= 15 is 0 Å². The average molecular weight is 260 g/mol. The number of nitrogens with one attached hydrogen (secondary N) is 1. The van der Waals surface area contributed by atoms with Gasteiger partial charge in [0.25, 0.3) is 0 Å². The second kappa shape index (κ2) is 4.38. The lowest BCUT2D eigenvalue weighted by Gasteiger charge is -2.25. The second-order valence-corrected chi connectivity index (χ2v) is 6.94. The Labute approximate surface area is 100 Å². The number of imide groups is 1. The monoisotopic (exact) mass is 260 g/mol. The largest absolute Gasteiger partial charge is 0.303 e. The molecule has 0 aliphatic carbocycles. The van der Waals surface area contributed by atoms with E-state index in [0.29, 0.717) is 12.8 Å². The number of amides is 2. The van der Waals surface area contributed by atoms with E-state index in [9.17, 15) is 18.0 Å². The Morgan fingerprint density at radius 2 is 1.82 bits per heavy atom. The van der Waals surface area contributed by atoms with Crippen molar-refractivity contribution < 1.29 is 18.0 Å². The zero-order valence-electron chi connectivity index (χ0n) is 9.68. The summed E-state index contributed by atoms with van der Waals surface area (Å²) in [6.45, 7) is 0. The average Bonchev–Trinajstić information content (AvgIpc) is 2.50. The molecule has 96 valence electrons. The number of carbonyl (C=O) groups is 2.